The summed E-state index contributed by atoms with van der Waals surface area (Å²) >= 11 is 0. The number of likely N-dealkylation sites (tertiary alicyclic amines) is 1. The molecule has 2 saturated heterocycles. The fraction of sp³-hybridized carbons (Fsp3) is 0.567. The first kappa shape index (κ1) is 25.9. The third-order valence-electron chi connectivity index (χ3n) is 7.69. The van der Waals surface area contributed by atoms with Gasteiger partial charge in [-0.05, 0) is 118 Å². The molecule has 0 radical (unpaired) electrons. The molecule has 35 heavy (non-hydrogen) atoms. The van der Waals surface area contributed by atoms with Crippen molar-refractivity contribution in [3.63, 3.8) is 0 Å². The molecule has 190 valence electrons. The number of carbonyl (C=O) groups excluding carboxylic acids is 1. The number of amides is 1. The lowest BCUT2D eigenvalue weighted by Crippen LogP contribution is -2.40. The number of benzene rings is 2. The maximum atomic E-state index is 12.7. The number of nitrogens with one attached hydrogen (secondary N) is 3. The topological polar surface area (TPSA) is 56.4 Å². The summed E-state index contributed by atoms with van der Waals surface area (Å²) in [5, 5.41) is 13.3. The Labute approximate surface area is 211 Å². The first-order valence-corrected chi connectivity index (χ1v) is 13.8. The van der Waals surface area contributed by atoms with Crippen LogP contribution >= 0.6 is 0 Å². The highest BCUT2D eigenvalue weighted by atomic mass is 16.2. The second kappa shape index (κ2) is 14.4. The number of fused-ring (bicyclic) bond motifs is 1. The molecule has 0 aliphatic carbocycles. The predicted octanol–water partition coefficient (Wildman–Crippen LogP) is 4.14. The highest BCUT2D eigenvalue weighted by Gasteiger charge is 2.21. The van der Waals surface area contributed by atoms with E-state index in [2.05, 4.69) is 58.4 Å². The number of unbranched alkanes of at least 4 members (excludes halogenated alkanes) is 1. The van der Waals surface area contributed by atoms with Crippen molar-refractivity contribution in [2.75, 3.05) is 52.4 Å². The zero-order chi connectivity index (χ0) is 24.1. The Bertz CT molecular complexity index is 924. The Hall–Kier alpha value is -2.21. The zero-order valence-corrected chi connectivity index (χ0v) is 21.3. The minimum absolute atomic E-state index is 0.161. The SMILES string of the molecule is O=C(/C=C/Cc1cccc2ccccc12)N1CCC(CNCCCCNCC2CCNCC2)CC1. The van der Waals surface area contributed by atoms with Gasteiger partial charge in [-0.3, -0.25) is 4.79 Å². The van der Waals surface area contributed by atoms with Crippen LogP contribution in [0.25, 0.3) is 10.8 Å². The monoisotopic (exact) mass is 476 g/mol. The third-order valence-corrected chi connectivity index (χ3v) is 7.69. The molecule has 2 heterocycles. The standard InChI is InChI=1S/C30H44N4O/c35-30(12-6-10-28-9-5-8-27-7-1-2-11-29(27)28)34-21-15-26(16-22-34)24-33-18-4-3-17-32-23-25-13-19-31-20-14-25/h1-2,5-9,11-12,25-26,31-33H,3-4,10,13-24H2/b12-6+. The van der Waals surface area contributed by atoms with Gasteiger partial charge in [0.1, 0.15) is 0 Å². The van der Waals surface area contributed by atoms with Crippen molar-refractivity contribution in [3.05, 3.63) is 60.2 Å². The lowest BCUT2D eigenvalue weighted by Gasteiger charge is -2.31. The molecular formula is C30H44N4O. The van der Waals surface area contributed by atoms with Crippen molar-refractivity contribution in [2.45, 2.75) is 44.9 Å². The zero-order valence-electron chi connectivity index (χ0n) is 21.3. The molecule has 5 heteroatoms. The largest absolute Gasteiger partial charge is 0.339 e. The average Bonchev–Trinajstić information content (AvgIpc) is 2.91. The van der Waals surface area contributed by atoms with Gasteiger partial charge in [-0.25, -0.2) is 0 Å². The lowest BCUT2D eigenvalue weighted by atomic mass is 9.96. The summed E-state index contributed by atoms with van der Waals surface area (Å²) in [5.41, 5.74) is 1.27. The van der Waals surface area contributed by atoms with Crippen molar-refractivity contribution in [2.24, 2.45) is 11.8 Å². The van der Waals surface area contributed by atoms with Gasteiger partial charge in [0.05, 0.1) is 0 Å². The minimum Gasteiger partial charge on any atom is -0.339 e. The molecule has 0 atom stereocenters. The van der Waals surface area contributed by atoms with Gasteiger partial charge in [0.2, 0.25) is 5.91 Å². The van der Waals surface area contributed by atoms with Gasteiger partial charge in [-0.1, -0.05) is 48.5 Å². The van der Waals surface area contributed by atoms with Crippen LogP contribution in [0.5, 0.6) is 0 Å². The van der Waals surface area contributed by atoms with E-state index in [-0.39, 0.29) is 5.91 Å². The van der Waals surface area contributed by atoms with E-state index in [1.165, 1.54) is 61.7 Å². The van der Waals surface area contributed by atoms with Crippen LogP contribution in [0.2, 0.25) is 0 Å². The van der Waals surface area contributed by atoms with Crippen LogP contribution in [0.4, 0.5) is 0 Å². The molecule has 4 rings (SSSR count). The first-order valence-electron chi connectivity index (χ1n) is 13.8. The van der Waals surface area contributed by atoms with Crippen molar-refractivity contribution >= 4 is 16.7 Å². The van der Waals surface area contributed by atoms with E-state index in [0.717, 1.165) is 57.9 Å². The number of hydrogen-bond acceptors (Lipinski definition) is 4. The predicted molar refractivity (Wildman–Crippen MR) is 147 cm³/mol. The molecule has 0 unspecified atom stereocenters. The van der Waals surface area contributed by atoms with E-state index in [1.807, 2.05) is 11.0 Å². The summed E-state index contributed by atoms with van der Waals surface area (Å²) in [6.07, 6.45) is 11.9. The maximum Gasteiger partial charge on any atom is 0.246 e. The maximum absolute atomic E-state index is 12.7. The quantitative estimate of drug-likeness (QED) is 0.318. The summed E-state index contributed by atoms with van der Waals surface area (Å²) in [5.74, 6) is 1.72. The van der Waals surface area contributed by atoms with Crippen LogP contribution in [0, 0.1) is 11.8 Å². The van der Waals surface area contributed by atoms with Gasteiger partial charge in [0, 0.05) is 13.1 Å². The van der Waals surface area contributed by atoms with Gasteiger partial charge in [-0.2, -0.15) is 0 Å². The fourth-order valence-corrected chi connectivity index (χ4v) is 5.42. The van der Waals surface area contributed by atoms with E-state index in [4.69, 9.17) is 0 Å². The van der Waals surface area contributed by atoms with E-state index in [9.17, 15) is 4.79 Å². The second-order valence-electron chi connectivity index (χ2n) is 10.3. The molecule has 2 aromatic carbocycles. The van der Waals surface area contributed by atoms with Gasteiger partial charge in [0.15, 0.2) is 0 Å². The molecule has 0 bridgehead atoms. The van der Waals surface area contributed by atoms with Crippen LogP contribution < -0.4 is 16.0 Å². The Balaban J connectivity index is 1.04. The molecule has 2 aliphatic heterocycles. The molecule has 2 aromatic rings. The van der Waals surface area contributed by atoms with Crippen molar-refractivity contribution in [3.8, 4) is 0 Å². The summed E-state index contributed by atoms with van der Waals surface area (Å²) < 4.78 is 0. The summed E-state index contributed by atoms with van der Waals surface area (Å²) in [6.45, 7) is 8.64. The van der Waals surface area contributed by atoms with E-state index in [0.29, 0.717) is 5.92 Å². The Morgan fingerprint density at radius 2 is 1.54 bits per heavy atom. The summed E-state index contributed by atoms with van der Waals surface area (Å²) in [6, 6.07) is 14.8. The number of carbonyl (C=O) groups is 1. The molecule has 0 spiro atoms. The van der Waals surface area contributed by atoms with Crippen LogP contribution in [-0.4, -0.2) is 63.2 Å². The highest BCUT2D eigenvalue weighted by molar-refractivity contribution is 5.88. The molecule has 1 amide bonds. The molecule has 2 aliphatic rings. The van der Waals surface area contributed by atoms with E-state index < -0.39 is 0 Å². The Kier molecular flexibility index (Phi) is 10.6. The normalized spacial score (nSPS) is 18.0. The molecular weight excluding hydrogens is 432 g/mol. The Morgan fingerprint density at radius 1 is 0.886 bits per heavy atom. The van der Waals surface area contributed by atoms with Crippen molar-refractivity contribution in [1.82, 2.24) is 20.9 Å². The second-order valence-corrected chi connectivity index (χ2v) is 10.3. The third kappa shape index (κ3) is 8.45. The number of allylic oxidation sites excluding steroid dienone is 1. The summed E-state index contributed by atoms with van der Waals surface area (Å²) in [4.78, 5) is 14.7. The van der Waals surface area contributed by atoms with Gasteiger partial charge < -0.3 is 20.9 Å². The highest BCUT2D eigenvalue weighted by Crippen LogP contribution is 2.20. The van der Waals surface area contributed by atoms with Crippen molar-refractivity contribution < 1.29 is 4.79 Å². The lowest BCUT2D eigenvalue weighted by molar-refractivity contribution is -0.127. The fourth-order valence-electron chi connectivity index (χ4n) is 5.42. The Morgan fingerprint density at radius 3 is 2.29 bits per heavy atom. The van der Waals surface area contributed by atoms with E-state index in [1.54, 1.807) is 6.08 Å². The van der Waals surface area contributed by atoms with Crippen molar-refractivity contribution in [1.29, 1.82) is 0 Å². The molecule has 0 saturated carbocycles. The average molecular weight is 477 g/mol. The molecule has 3 N–H and O–H groups in total. The first-order chi connectivity index (χ1) is 17.3. The summed E-state index contributed by atoms with van der Waals surface area (Å²) in [7, 11) is 0. The van der Waals surface area contributed by atoms with Gasteiger partial charge in [-0.15, -0.1) is 0 Å². The van der Waals surface area contributed by atoms with Crippen LogP contribution in [0.15, 0.2) is 54.6 Å². The number of rotatable bonds is 12. The van der Waals surface area contributed by atoms with Gasteiger partial charge in [0.25, 0.3) is 0 Å². The number of nitrogens with zero attached hydrogens (tertiary/aromatic N) is 1. The van der Waals surface area contributed by atoms with Crippen LogP contribution in [0.1, 0.15) is 44.1 Å². The van der Waals surface area contributed by atoms with Gasteiger partial charge >= 0.3 is 0 Å². The minimum atomic E-state index is 0.161. The number of hydrogen-bond donors (Lipinski definition) is 3. The molecule has 5 nitrogen and oxygen atoms in total. The van der Waals surface area contributed by atoms with E-state index >= 15 is 0 Å². The van der Waals surface area contributed by atoms with Crippen LogP contribution in [-0.2, 0) is 11.2 Å². The molecule has 0 aromatic heterocycles. The number of piperidine rings is 2. The molecule has 2 fully saturated rings. The smallest absolute Gasteiger partial charge is 0.246 e. The van der Waals surface area contributed by atoms with Crippen LogP contribution in [0.3, 0.4) is 0 Å².